The second kappa shape index (κ2) is 7.66. The number of carbonyl (C=O) groups is 2. The van der Waals surface area contributed by atoms with Gasteiger partial charge in [0.2, 0.25) is 0 Å². The van der Waals surface area contributed by atoms with Crippen LogP contribution in [-0.4, -0.2) is 56.0 Å². The van der Waals surface area contributed by atoms with Crippen molar-refractivity contribution in [2.75, 3.05) is 14.2 Å². The van der Waals surface area contributed by atoms with Gasteiger partial charge in [-0.2, -0.15) is 48.3 Å². The highest BCUT2D eigenvalue weighted by Gasteiger charge is 2.86. The van der Waals surface area contributed by atoms with Gasteiger partial charge in [-0.05, 0) is 6.42 Å². The van der Waals surface area contributed by atoms with Crippen molar-refractivity contribution >= 4 is 11.9 Å². The molecule has 27 heavy (non-hydrogen) atoms. The predicted molar refractivity (Wildman–Crippen MR) is 62.6 cm³/mol. The summed E-state index contributed by atoms with van der Waals surface area (Å²) in [6.07, 6.45) is -11.5. The fourth-order valence-corrected chi connectivity index (χ4v) is 1.70. The summed E-state index contributed by atoms with van der Waals surface area (Å²) in [5.74, 6) is -34.0. The van der Waals surface area contributed by atoms with E-state index in [1.807, 2.05) is 0 Å². The van der Waals surface area contributed by atoms with E-state index in [4.69, 9.17) is 0 Å². The second-order valence-electron chi connectivity index (χ2n) is 5.06. The summed E-state index contributed by atoms with van der Waals surface area (Å²) < 4.78 is 149. The van der Waals surface area contributed by atoms with E-state index >= 15 is 0 Å². The zero-order valence-corrected chi connectivity index (χ0v) is 13.3. The number of hydrogen-bond donors (Lipinski definition) is 0. The molecule has 0 aromatic heterocycles. The Hall–Kier alpha value is -1.83. The highest BCUT2D eigenvalue weighted by atomic mass is 19.4. The molecule has 15 heteroatoms. The summed E-state index contributed by atoms with van der Waals surface area (Å²) in [4.78, 5) is 22.4. The van der Waals surface area contributed by atoms with Crippen LogP contribution in [0.4, 0.5) is 48.3 Å². The van der Waals surface area contributed by atoms with Gasteiger partial charge in [0.05, 0.1) is 14.2 Å². The van der Waals surface area contributed by atoms with E-state index < -0.39 is 60.6 Å². The van der Waals surface area contributed by atoms with Crippen LogP contribution in [0.3, 0.4) is 0 Å². The van der Waals surface area contributed by atoms with Crippen LogP contribution >= 0.6 is 0 Å². The van der Waals surface area contributed by atoms with Crippen LogP contribution in [-0.2, 0) is 19.1 Å². The van der Waals surface area contributed by atoms with Crippen LogP contribution in [0.25, 0.3) is 0 Å². The lowest BCUT2D eigenvalue weighted by Crippen LogP contribution is -2.66. The molecule has 0 rings (SSSR count). The summed E-state index contributed by atoms with van der Waals surface area (Å²) >= 11 is 0. The molecular weight excluding hydrogens is 417 g/mol. The SMILES string of the molecule is COC(=O)C(CCC(F)(F)C(F)(F)C(F)(F)C(F)(F)C(F)(F)F)C(=O)OC. The number of esters is 2. The van der Waals surface area contributed by atoms with Crippen molar-refractivity contribution in [1.29, 1.82) is 0 Å². The minimum absolute atomic E-state index is 0.628. The lowest BCUT2D eigenvalue weighted by molar-refractivity contribution is -0.422. The van der Waals surface area contributed by atoms with Gasteiger partial charge in [-0.1, -0.05) is 0 Å². The van der Waals surface area contributed by atoms with Gasteiger partial charge in [0, 0.05) is 6.42 Å². The molecule has 0 aliphatic carbocycles. The Balaban J connectivity index is 5.78. The lowest BCUT2D eigenvalue weighted by atomic mass is 9.92. The Bertz CT molecular complexity index is 540. The molecule has 0 radical (unpaired) electrons. The Morgan fingerprint density at radius 3 is 1.37 bits per heavy atom. The smallest absolute Gasteiger partial charge is 0.460 e. The molecule has 0 spiro atoms. The van der Waals surface area contributed by atoms with Gasteiger partial charge in [0.1, 0.15) is 0 Å². The zero-order valence-electron chi connectivity index (χ0n) is 13.3. The molecule has 0 unspecified atom stereocenters. The molecule has 0 aliphatic heterocycles. The first-order valence-corrected chi connectivity index (χ1v) is 6.55. The summed E-state index contributed by atoms with van der Waals surface area (Å²) in [6, 6.07) is 0. The Morgan fingerprint density at radius 2 is 1.07 bits per heavy atom. The van der Waals surface area contributed by atoms with Gasteiger partial charge in [-0.25, -0.2) is 0 Å². The third kappa shape index (κ3) is 4.36. The molecule has 0 N–H and O–H groups in total. The predicted octanol–water partition coefficient (Wildman–Crippen LogP) is 3.83. The number of rotatable bonds is 8. The second-order valence-corrected chi connectivity index (χ2v) is 5.06. The van der Waals surface area contributed by atoms with E-state index in [2.05, 4.69) is 9.47 Å². The average molecular weight is 428 g/mol. The number of ether oxygens (including phenoxy) is 2. The van der Waals surface area contributed by atoms with Gasteiger partial charge in [-0.3, -0.25) is 9.59 Å². The highest BCUT2D eigenvalue weighted by molar-refractivity contribution is 5.94. The molecular formula is C12H11F11O4. The van der Waals surface area contributed by atoms with Crippen molar-refractivity contribution in [3.8, 4) is 0 Å². The molecule has 0 bridgehead atoms. The van der Waals surface area contributed by atoms with Crippen LogP contribution in [0, 0.1) is 5.92 Å². The summed E-state index contributed by atoms with van der Waals surface area (Å²) in [5, 5.41) is 0. The van der Waals surface area contributed by atoms with Gasteiger partial charge < -0.3 is 9.47 Å². The third-order valence-electron chi connectivity index (χ3n) is 3.32. The topological polar surface area (TPSA) is 52.6 Å². The standard InChI is InChI=1S/C12H11F11O4/c1-26-6(24)5(7(25)27-2)3-4-8(13,14)9(15,16)10(17,18)11(19,20)12(21,22)23/h5H,3-4H2,1-2H3. The molecule has 0 aromatic carbocycles. The quantitative estimate of drug-likeness (QED) is 0.335. The maximum absolute atomic E-state index is 13.5. The lowest BCUT2D eigenvalue weighted by Gasteiger charge is -2.37. The van der Waals surface area contributed by atoms with E-state index in [9.17, 15) is 57.9 Å². The van der Waals surface area contributed by atoms with Crippen molar-refractivity contribution in [3.63, 3.8) is 0 Å². The van der Waals surface area contributed by atoms with E-state index in [0.717, 1.165) is 0 Å². The van der Waals surface area contributed by atoms with E-state index in [-0.39, 0.29) is 0 Å². The van der Waals surface area contributed by atoms with Crippen LogP contribution in [0.5, 0.6) is 0 Å². The molecule has 0 aromatic rings. The molecule has 0 aliphatic rings. The first-order chi connectivity index (χ1) is 11.8. The normalized spacial score (nSPS) is 14.3. The monoisotopic (exact) mass is 428 g/mol. The number of alkyl halides is 11. The molecule has 0 saturated carbocycles. The van der Waals surface area contributed by atoms with Gasteiger partial charge in [-0.15, -0.1) is 0 Å². The number of methoxy groups -OCH3 is 2. The summed E-state index contributed by atoms with van der Waals surface area (Å²) in [7, 11) is 1.26. The first-order valence-electron chi connectivity index (χ1n) is 6.55. The molecule has 4 nitrogen and oxygen atoms in total. The third-order valence-corrected chi connectivity index (χ3v) is 3.32. The van der Waals surface area contributed by atoms with Crippen molar-refractivity contribution in [2.45, 2.75) is 42.7 Å². The average Bonchev–Trinajstić information content (AvgIpc) is 2.52. The fraction of sp³-hybridized carbons (Fsp3) is 0.833. The van der Waals surface area contributed by atoms with E-state index in [1.165, 1.54) is 0 Å². The molecule has 0 saturated heterocycles. The van der Waals surface area contributed by atoms with Crippen molar-refractivity contribution < 1.29 is 67.4 Å². The molecule has 0 heterocycles. The number of halogens is 11. The van der Waals surface area contributed by atoms with Crippen LogP contribution < -0.4 is 0 Å². The Labute approximate surface area is 143 Å². The minimum atomic E-state index is -7.55. The fourth-order valence-electron chi connectivity index (χ4n) is 1.70. The maximum Gasteiger partial charge on any atom is 0.460 e. The Kier molecular flexibility index (Phi) is 7.14. The highest BCUT2D eigenvalue weighted by Crippen LogP contribution is 2.58. The van der Waals surface area contributed by atoms with Crippen molar-refractivity contribution in [1.82, 2.24) is 0 Å². The number of hydrogen-bond acceptors (Lipinski definition) is 4. The van der Waals surface area contributed by atoms with Crippen LogP contribution in [0.2, 0.25) is 0 Å². The maximum atomic E-state index is 13.5. The van der Waals surface area contributed by atoms with Gasteiger partial charge >= 0.3 is 41.8 Å². The van der Waals surface area contributed by atoms with Gasteiger partial charge in [0.15, 0.2) is 5.92 Å². The van der Waals surface area contributed by atoms with E-state index in [0.29, 0.717) is 14.2 Å². The van der Waals surface area contributed by atoms with Crippen LogP contribution in [0.1, 0.15) is 12.8 Å². The molecule has 0 fully saturated rings. The van der Waals surface area contributed by atoms with Crippen LogP contribution in [0.15, 0.2) is 0 Å². The Morgan fingerprint density at radius 1 is 0.704 bits per heavy atom. The minimum Gasteiger partial charge on any atom is -0.468 e. The number of carbonyl (C=O) groups excluding carboxylic acids is 2. The largest absolute Gasteiger partial charge is 0.468 e. The van der Waals surface area contributed by atoms with E-state index in [1.54, 1.807) is 0 Å². The molecule has 0 amide bonds. The summed E-state index contributed by atoms with van der Waals surface area (Å²) in [6.45, 7) is 0. The van der Waals surface area contributed by atoms with Crippen molar-refractivity contribution in [2.24, 2.45) is 5.92 Å². The zero-order chi connectivity index (χ0) is 22.1. The first kappa shape index (κ1) is 25.2. The van der Waals surface area contributed by atoms with Gasteiger partial charge in [0.25, 0.3) is 0 Å². The van der Waals surface area contributed by atoms with Crippen molar-refractivity contribution in [3.05, 3.63) is 0 Å². The molecule has 160 valence electrons. The summed E-state index contributed by atoms with van der Waals surface area (Å²) in [5.41, 5.74) is 0. The molecule has 0 atom stereocenters.